The Hall–Kier alpha value is -2.59. The van der Waals surface area contributed by atoms with E-state index < -0.39 is 24.3 Å². The molecule has 0 radical (unpaired) electrons. The molecule has 1 heterocycles. The Labute approximate surface area is 130 Å². The zero-order chi connectivity index (χ0) is 16.7. The molecule has 1 aliphatic carbocycles. The minimum Gasteiger partial charge on any atom is -0.440 e. The number of benzene rings is 1. The van der Waals surface area contributed by atoms with Crippen LogP contribution in [0, 0.1) is 19.3 Å². The molecule has 2 aromatic rings. The molecule has 0 fully saturated rings. The third-order valence-corrected chi connectivity index (χ3v) is 3.67. The molecule has 1 aliphatic rings. The fourth-order valence-corrected chi connectivity index (χ4v) is 2.62. The van der Waals surface area contributed by atoms with Crippen LogP contribution in [0.2, 0.25) is 0 Å². The minimum atomic E-state index is -2.11. The molecule has 0 saturated heterocycles. The zero-order valence-electron chi connectivity index (χ0n) is 11.9. The number of aliphatic hydroxyl groups excluding tert-OH is 1. The Bertz CT molecular complexity index is 820. The van der Waals surface area contributed by atoms with Crippen LogP contribution >= 0.6 is 0 Å². The number of hydrogen-bond acceptors (Lipinski definition) is 3. The highest BCUT2D eigenvalue weighted by Gasteiger charge is 2.44. The molecular weight excluding hydrogens is 309 g/mol. The maximum absolute atomic E-state index is 14.2. The van der Waals surface area contributed by atoms with E-state index in [4.69, 9.17) is 11.3 Å². The van der Waals surface area contributed by atoms with Gasteiger partial charge in [-0.2, -0.15) is 0 Å². The molecule has 1 N–H and O–H groups in total. The van der Waals surface area contributed by atoms with E-state index in [9.17, 15) is 18.3 Å². The van der Waals surface area contributed by atoms with Gasteiger partial charge in [0.2, 0.25) is 5.88 Å². The lowest BCUT2D eigenvalue weighted by atomic mass is 10.1. The van der Waals surface area contributed by atoms with Gasteiger partial charge in [0, 0.05) is 12.3 Å². The first-order valence-electron chi connectivity index (χ1n) is 6.74. The summed E-state index contributed by atoms with van der Waals surface area (Å²) < 4.78 is 46.7. The molecule has 0 unspecified atom stereocenters. The largest absolute Gasteiger partial charge is 0.440 e. The van der Waals surface area contributed by atoms with Crippen molar-refractivity contribution in [1.82, 2.24) is 4.98 Å². The Morgan fingerprint density at radius 3 is 2.70 bits per heavy atom. The lowest BCUT2D eigenvalue weighted by Crippen LogP contribution is -2.09. The van der Waals surface area contributed by atoms with Gasteiger partial charge >= 0.3 is 0 Å². The van der Waals surface area contributed by atoms with Gasteiger partial charge in [0.25, 0.3) is 0 Å². The van der Waals surface area contributed by atoms with Crippen molar-refractivity contribution in [2.24, 2.45) is 0 Å². The second kappa shape index (κ2) is 5.56. The summed E-state index contributed by atoms with van der Waals surface area (Å²) in [6.45, 7) is 8.47. The van der Waals surface area contributed by atoms with E-state index in [0.717, 1.165) is 12.1 Å². The third-order valence-electron chi connectivity index (χ3n) is 3.67. The second-order valence-electron chi connectivity index (χ2n) is 5.22. The number of ether oxygens (including phenoxy) is 1. The predicted molar refractivity (Wildman–Crippen MR) is 75.4 cm³/mol. The van der Waals surface area contributed by atoms with Crippen molar-refractivity contribution < 1.29 is 23.0 Å². The average molecular weight is 320 g/mol. The van der Waals surface area contributed by atoms with Crippen LogP contribution in [0.1, 0.15) is 29.0 Å². The number of fused-ring (bicyclic) bond motifs is 1. The summed E-state index contributed by atoms with van der Waals surface area (Å²) in [5, 5.41) is 9.82. The number of alkyl halides is 2. The van der Waals surface area contributed by atoms with Crippen molar-refractivity contribution in [1.29, 1.82) is 0 Å². The van der Waals surface area contributed by atoms with Gasteiger partial charge in [-0.3, -0.25) is 0 Å². The Kier molecular flexibility index (Phi) is 3.70. The molecule has 0 saturated carbocycles. The van der Waals surface area contributed by atoms with Gasteiger partial charge in [-0.15, -0.1) is 0 Å². The van der Waals surface area contributed by atoms with Crippen LogP contribution in [0.25, 0.3) is 4.85 Å². The van der Waals surface area contributed by atoms with Gasteiger partial charge in [-0.25, -0.2) is 23.0 Å². The molecule has 0 aliphatic heterocycles. The van der Waals surface area contributed by atoms with Crippen LogP contribution in [-0.2, 0) is 0 Å². The van der Waals surface area contributed by atoms with Gasteiger partial charge < -0.3 is 9.84 Å². The predicted octanol–water partition coefficient (Wildman–Crippen LogP) is 4.27. The number of halogens is 3. The fraction of sp³-hybridized carbons (Fsp3) is 0.250. The molecule has 1 aromatic carbocycles. The maximum atomic E-state index is 14.2. The summed E-state index contributed by atoms with van der Waals surface area (Å²) in [5.41, 5.74) is 0.350. The first-order chi connectivity index (χ1) is 10.9. The monoisotopic (exact) mass is 320 g/mol. The summed E-state index contributed by atoms with van der Waals surface area (Å²) in [5.74, 6) is -1.00. The Morgan fingerprint density at radius 1 is 1.26 bits per heavy atom. The van der Waals surface area contributed by atoms with Crippen LogP contribution < -0.4 is 4.74 Å². The van der Waals surface area contributed by atoms with Crippen molar-refractivity contribution in [2.45, 2.75) is 25.4 Å². The molecule has 3 rings (SSSR count). The molecular formula is C16H11F3N2O2. The second-order valence-corrected chi connectivity index (χ2v) is 5.22. The zero-order valence-corrected chi connectivity index (χ0v) is 11.9. The average Bonchev–Trinajstić information content (AvgIpc) is 2.75. The molecule has 0 spiro atoms. The van der Waals surface area contributed by atoms with Crippen molar-refractivity contribution in [3.8, 4) is 11.6 Å². The number of hydrogen-bond donors (Lipinski definition) is 1. The molecule has 0 bridgehead atoms. The maximum Gasteiger partial charge on any atom is 0.225 e. The number of nitrogens with zero attached hydrogens (tertiary/aromatic N) is 2. The van der Waals surface area contributed by atoms with Crippen LogP contribution in [0.5, 0.6) is 11.6 Å². The van der Waals surface area contributed by atoms with Crippen LogP contribution in [-0.4, -0.2) is 16.3 Å². The minimum absolute atomic E-state index is 0.00367. The topological polar surface area (TPSA) is 46.7 Å². The van der Waals surface area contributed by atoms with Crippen LogP contribution in [0.15, 0.2) is 24.4 Å². The van der Waals surface area contributed by atoms with E-state index in [1.807, 2.05) is 0 Å². The van der Waals surface area contributed by atoms with E-state index in [2.05, 4.69) is 9.83 Å². The third kappa shape index (κ3) is 2.51. The molecule has 3 atom stereocenters. The van der Waals surface area contributed by atoms with Gasteiger partial charge in [-0.05, 0) is 30.2 Å². The van der Waals surface area contributed by atoms with E-state index >= 15 is 0 Å². The molecule has 0 amide bonds. The van der Waals surface area contributed by atoms with E-state index in [1.54, 1.807) is 6.92 Å². The molecule has 7 heteroatoms. The Balaban J connectivity index is 2.07. The van der Waals surface area contributed by atoms with Gasteiger partial charge in [0.1, 0.15) is 17.7 Å². The number of pyridine rings is 1. The van der Waals surface area contributed by atoms with Gasteiger partial charge in [0.05, 0.1) is 12.1 Å². The molecule has 118 valence electrons. The van der Waals surface area contributed by atoms with E-state index in [0.29, 0.717) is 5.56 Å². The Morgan fingerprint density at radius 2 is 2.00 bits per heavy atom. The highest BCUT2D eigenvalue weighted by atomic mass is 19.2. The lowest BCUT2D eigenvalue weighted by molar-refractivity contribution is 0.0463. The lowest BCUT2D eigenvalue weighted by Gasteiger charge is -2.12. The van der Waals surface area contributed by atoms with E-state index in [-0.39, 0.29) is 28.4 Å². The van der Waals surface area contributed by atoms with Gasteiger partial charge in [0.15, 0.2) is 18.0 Å². The van der Waals surface area contributed by atoms with Crippen LogP contribution in [0.3, 0.4) is 0 Å². The number of rotatable bonds is 2. The van der Waals surface area contributed by atoms with Crippen molar-refractivity contribution in [3.05, 3.63) is 58.3 Å². The number of aliphatic hydroxyl groups is 1. The van der Waals surface area contributed by atoms with Crippen molar-refractivity contribution in [3.63, 3.8) is 0 Å². The first kappa shape index (κ1) is 15.3. The quantitative estimate of drug-likeness (QED) is 0.841. The first-order valence-corrected chi connectivity index (χ1v) is 6.74. The summed E-state index contributed by atoms with van der Waals surface area (Å²) in [4.78, 5) is 7.00. The fourth-order valence-electron chi connectivity index (χ4n) is 2.62. The highest BCUT2D eigenvalue weighted by molar-refractivity contribution is 5.52. The van der Waals surface area contributed by atoms with Gasteiger partial charge in [-0.1, -0.05) is 0 Å². The SMILES string of the molecule is [C-]#[N+]c1cc(F)cc(Oc2ncc(C)c3c2[C@@H](F)[C@@H](F)[C@H]3O)c1. The number of aryl methyl sites for hydroxylation is 1. The summed E-state index contributed by atoms with van der Waals surface area (Å²) >= 11 is 0. The van der Waals surface area contributed by atoms with Crippen molar-refractivity contribution >= 4 is 5.69 Å². The highest BCUT2D eigenvalue weighted by Crippen LogP contribution is 2.48. The van der Waals surface area contributed by atoms with Crippen molar-refractivity contribution in [2.75, 3.05) is 0 Å². The summed E-state index contributed by atoms with van der Waals surface area (Å²) in [6.07, 6.45) is -4.48. The number of aromatic nitrogens is 1. The molecule has 1 aromatic heterocycles. The summed E-state index contributed by atoms with van der Waals surface area (Å²) in [7, 11) is 0. The molecule has 4 nitrogen and oxygen atoms in total. The normalized spacial score (nSPS) is 22.5. The molecule has 23 heavy (non-hydrogen) atoms. The summed E-state index contributed by atoms with van der Waals surface area (Å²) in [6, 6.07) is 3.29. The standard InChI is InChI=1S/C16H11F3N2O2/c1-7-6-21-16(12-11(7)15(22)14(19)13(12)18)23-10-4-8(17)3-9(5-10)20-2/h3-6,13-15,22H,1H3/t13-,14-,15+/m1/s1. The smallest absolute Gasteiger partial charge is 0.225 e. The van der Waals surface area contributed by atoms with E-state index in [1.165, 1.54) is 12.3 Å². The van der Waals surface area contributed by atoms with Crippen LogP contribution in [0.4, 0.5) is 18.9 Å².